The molecule has 4 atom stereocenters. The molecule has 0 spiro atoms. The van der Waals surface area contributed by atoms with Gasteiger partial charge in [0, 0.05) is 29.5 Å². The first-order chi connectivity index (χ1) is 28.4. The summed E-state index contributed by atoms with van der Waals surface area (Å²) in [5.74, 6) is -4.23. The molecule has 0 aliphatic heterocycles. The molecule has 0 saturated heterocycles. The van der Waals surface area contributed by atoms with E-state index in [1.165, 1.54) is 6.92 Å². The van der Waals surface area contributed by atoms with Crippen LogP contribution in [0.5, 0.6) is 11.6 Å². The predicted octanol–water partition coefficient (Wildman–Crippen LogP) is 8.14. The van der Waals surface area contributed by atoms with Crippen LogP contribution in [0.2, 0.25) is 18.1 Å². The third kappa shape index (κ3) is 7.37. The number of anilines is 1. The maximum atomic E-state index is 17.2. The molecule has 318 valence electrons. The molecule has 60 heavy (non-hydrogen) atoms. The molecule has 3 aliphatic rings. The largest absolute Gasteiger partial charge is 0.508 e. The van der Waals surface area contributed by atoms with Crippen molar-refractivity contribution in [3.05, 3.63) is 117 Å². The van der Waals surface area contributed by atoms with E-state index in [4.69, 9.17) is 18.4 Å². The van der Waals surface area contributed by atoms with Gasteiger partial charge in [0.25, 0.3) is 5.88 Å². The number of halogens is 1. The van der Waals surface area contributed by atoms with E-state index in [2.05, 4.69) is 15.8 Å². The normalized spacial score (nSPS) is 21.3. The molecule has 0 radical (unpaired) electrons. The van der Waals surface area contributed by atoms with Crippen LogP contribution in [-0.4, -0.2) is 74.2 Å². The monoisotopic (exact) mass is 838 g/mol. The van der Waals surface area contributed by atoms with Gasteiger partial charge in [0.05, 0.1) is 17.3 Å². The summed E-state index contributed by atoms with van der Waals surface area (Å²) in [5.41, 5.74) is -0.189. The number of hydrogen-bond donors (Lipinski definition) is 3. The number of benzene rings is 3. The number of nitrogens with one attached hydrogen (secondary N) is 2. The maximum absolute atomic E-state index is 17.2. The Morgan fingerprint density at radius 1 is 1.02 bits per heavy atom. The topological polar surface area (TPSA) is 152 Å². The Morgan fingerprint density at radius 2 is 1.63 bits per heavy atom. The van der Waals surface area contributed by atoms with Crippen molar-refractivity contribution in [1.82, 2.24) is 15.4 Å². The van der Waals surface area contributed by atoms with Gasteiger partial charge in [-0.05, 0) is 87.3 Å². The second-order valence-electron chi connectivity index (χ2n) is 17.8. The highest BCUT2D eigenvalue weighted by Crippen LogP contribution is 2.60. The van der Waals surface area contributed by atoms with Gasteiger partial charge < -0.3 is 34.2 Å². The number of hydrogen-bond acceptors (Lipinski definition) is 11. The maximum Gasteiger partial charge on any atom is 0.265 e. The molecular formula is C46H55FN4O8Si. The number of likely N-dealkylation sites (N-methyl/N-ethyl adjacent to an activating group) is 1. The molecule has 12 nitrogen and oxygen atoms in total. The van der Waals surface area contributed by atoms with Crippen LogP contribution in [-0.2, 0) is 35.3 Å². The van der Waals surface area contributed by atoms with Crippen LogP contribution in [0, 0.1) is 17.7 Å². The zero-order valence-corrected chi connectivity index (χ0v) is 36.8. The fourth-order valence-electron chi connectivity index (χ4n) is 8.76. The summed E-state index contributed by atoms with van der Waals surface area (Å²) in [4.78, 5) is 45.7. The molecular weight excluding hydrogens is 784 g/mol. The lowest BCUT2D eigenvalue weighted by atomic mass is 9.58. The van der Waals surface area contributed by atoms with Crippen molar-refractivity contribution >= 4 is 31.5 Å². The van der Waals surface area contributed by atoms with Crippen molar-refractivity contribution in [3.8, 4) is 11.6 Å². The van der Waals surface area contributed by atoms with Gasteiger partial charge in [-0.15, -0.1) is 0 Å². The minimum atomic E-state index is -2.99. The van der Waals surface area contributed by atoms with Crippen LogP contribution in [0.25, 0.3) is 0 Å². The lowest BCUT2D eigenvalue weighted by Gasteiger charge is -2.55. The van der Waals surface area contributed by atoms with Crippen molar-refractivity contribution in [2.75, 3.05) is 33.0 Å². The van der Waals surface area contributed by atoms with E-state index in [1.54, 1.807) is 7.05 Å². The Hall–Kier alpha value is -5.15. The van der Waals surface area contributed by atoms with E-state index in [1.807, 2.05) is 114 Å². The van der Waals surface area contributed by atoms with Crippen LogP contribution in [0.4, 0.5) is 10.1 Å². The number of aliphatic hydroxyl groups is 1. The summed E-state index contributed by atoms with van der Waals surface area (Å²) >= 11 is 0. The van der Waals surface area contributed by atoms with Crippen molar-refractivity contribution in [2.45, 2.75) is 89.9 Å². The van der Waals surface area contributed by atoms with Crippen LogP contribution in [0.15, 0.2) is 76.5 Å². The Labute approximate surface area is 351 Å². The molecule has 3 aliphatic carbocycles. The SMILES string of the molecule is CNCCc1c(F)c2c(c(OCc3ccccc3)c1NC(C)=O)C(=O)C1=C(O)[C@]3(O[Si](C)(C)C(C)(C)C)C(=O)c4c(OCc5ccccc5)noc4[C@@H](N(C)C)[C@@H]3C[C@@H]1C2. The van der Waals surface area contributed by atoms with Crippen LogP contribution in [0.1, 0.15) is 88.9 Å². The van der Waals surface area contributed by atoms with Crippen molar-refractivity contribution in [2.24, 2.45) is 11.8 Å². The number of ether oxygens (including phenoxy) is 2. The molecule has 14 heteroatoms. The first-order valence-corrected chi connectivity index (χ1v) is 23.4. The van der Waals surface area contributed by atoms with E-state index >= 15 is 14.0 Å². The standard InChI is InChI=1S/C46H55FN4O8Si/c1-26(52)49-37-30(20-21-48-5)36(47)31-22-29-23-32-38(51(6)7)41-35(44(50-58-41)57-25-28-18-14-11-15-19-28)43(55)46(32,59-60(8,9)45(2,3)4)42(54)33(29)39(53)34(31)40(37)56-24-27-16-12-10-13-17-27/h10-19,29,32,38,48,54H,20-25H2,1-9H3,(H,49,52)/t29-,32-,38-,46-/m0/s1. The zero-order valence-electron chi connectivity index (χ0n) is 35.8. The number of nitrogens with zero attached hydrogens (tertiary/aromatic N) is 2. The van der Waals surface area contributed by atoms with E-state index in [9.17, 15) is 9.90 Å². The number of Topliss-reactive ketones (excluding diaryl/α,β-unsaturated/α-hetero) is 2. The van der Waals surface area contributed by atoms with Gasteiger partial charge in [-0.1, -0.05) is 81.4 Å². The zero-order chi connectivity index (χ0) is 43.3. The third-order valence-corrected chi connectivity index (χ3v) is 17.1. The van der Waals surface area contributed by atoms with Gasteiger partial charge in [-0.3, -0.25) is 19.3 Å². The lowest BCUT2D eigenvalue weighted by Crippen LogP contribution is -2.65. The Morgan fingerprint density at radius 3 is 2.20 bits per heavy atom. The summed E-state index contributed by atoms with van der Waals surface area (Å²) < 4.78 is 43.1. The second kappa shape index (κ2) is 16.4. The Balaban J connectivity index is 1.46. The minimum absolute atomic E-state index is 0.000789. The summed E-state index contributed by atoms with van der Waals surface area (Å²) in [6.45, 7) is 11.9. The first-order valence-electron chi connectivity index (χ1n) is 20.4. The second-order valence-corrected chi connectivity index (χ2v) is 22.6. The number of carbonyl (C=O) groups excluding carboxylic acids is 3. The summed E-state index contributed by atoms with van der Waals surface area (Å²) in [5, 5.41) is 22.7. The van der Waals surface area contributed by atoms with E-state index in [-0.39, 0.29) is 83.4 Å². The molecule has 0 unspecified atom stereocenters. The first kappa shape index (κ1) is 43.0. The third-order valence-electron chi connectivity index (χ3n) is 12.6. The number of allylic oxidation sites excluding steroid dienone is 1. The number of aliphatic hydroxyl groups excluding tert-OH is 1. The van der Waals surface area contributed by atoms with Crippen LogP contribution in [0.3, 0.4) is 0 Å². The molecule has 7 rings (SSSR count). The lowest BCUT2D eigenvalue weighted by molar-refractivity contribution is -0.114. The van der Waals surface area contributed by atoms with Crippen molar-refractivity contribution in [3.63, 3.8) is 0 Å². The molecule has 3 N–H and O–H groups in total. The number of amides is 1. The molecule has 0 saturated carbocycles. The van der Waals surface area contributed by atoms with Crippen LogP contribution < -0.4 is 20.1 Å². The molecule has 1 aromatic heterocycles. The van der Waals surface area contributed by atoms with Crippen molar-refractivity contribution < 1.29 is 42.3 Å². The van der Waals surface area contributed by atoms with E-state index in [0.29, 0.717) is 6.54 Å². The number of fused-ring (bicyclic) bond motifs is 4. The minimum Gasteiger partial charge on any atom is -0.508 e. The molecule has 4 aromatic rings. The Kier molecular flexibility index (Phi) is 11.7. The number of ketones is 2. The number of aromatic nitrogens is 1. The smallest absolute Gasteiger partial charge is 0.265 e. The Bertz CT molecular complexity index is 2340. The summed E-state index contributed by atoms with van der Waals surface area (Å²) in [7, 11) is 2.45. The van der Waals surface area contributed by atoms with Crippen molar-refractivity contribution in [1.29, 1.82) is 0 Å². The highest BCUT2D eigenvalue weighted by atomic mass is 28.4. The molecule has 3 aromatic carbocycles. The van der Waals surface area contributed by atoms with Gasteiger partial charge >= 0.3 is 0 Å². The number of carbonyl (C=O) groups is 3. The van der Waals surface area contributed by atoms with Gasteiger partial charge in [0.2, 0.25) is 11.7 Å². The quantitative estimate of drug-likeness (QED) is 0.112. The van der Waals surface area contributed by atoms with Gasteiger partial charge in [-0.25, -0.2) is 4.39 Å². The molecule has 1 heterocycles. The highest BCUT2D eigenvalue weighted by molar-refractivity contribution is 6.74. The predicted molar refractivity (Wildman–Crippen MR) is 227 cm³/mol. The molecule has 1 amide bonds. The summed E-state index contributed by atoms with van der Waals surface area (Å²) in [6.07, 6.45) is 0.357. The van der Waals surface area contributed by atoms with E-state index < -0.39 is 65.9 Å². The highest BCUT2D eigenvalue weighted by Gasteiger charge is 2.67. The fourth-order valence-corrected chi connectivity index (χ4v) is 10.2. The number of rotatable bonds is 13. The fraction of sp³-hybridized carbons (Fsp3) is 0.435. The average Bonchev–Trinajstić information content (AvgIpc) is 3.61. The van der Waals surface area contributed by atoms with Gasteiger partial charge in [0.1, 0.15) is 30.4 Å². The van der Waals surface area contributed by atoms with E-state index in [0.717, 1.165) is 11.1 Å². The van der Waals surface area contributed by atoms with Gasteiger partial charge in [-0.2, -0.15) is 0 Å². The molecule has 0 bridgehead atoms. The molecule has 0 fully saturated rings. The average molecular weight is 839 g/mol. The van der Waals surface area contributed by atoms with Crippen LogP contribution >= 0.6 is 0 Å². The summed E-state index contributed by atoms with van der Waals surface area (Å²) in [6, 6.07) is 18.1. The van der Waals surface area contributed by atoms with Gasteiger partial charge in [0.15, 0.2) is 31.2 Å².